The molecule has 0 saturated carbocycles. The zero-order valence-corrected chi connectivity index (χ0v) is 17.5. The average Bonchev–Trinajstić information content (AvgIpc) is 3.20. The van der Waals surface area contributed by atoms with Crippen molar-refractivity contribution in [1.82, 2.24) is 14.8 Å². The number of allylic oxidation sites excluding steroid dienone is 1. The van der Waals surface area contributed by atoms with E-state index in [0.29, 0.717) is 29.6 Å². The maximum atomic E-state index is 12.6. The molecule has 4 rings (SSSR count). The molecule has 1 unspecified atom stereocenters. The van der Waals surface area contributed by atoms with Crippen LogP contribution in [0.25, 0.3) is 0 Å². The topological polar surface area (TPSA) is 78.3 Å². The van der Waals surface area contributed by atoms with Crippen molar-refractivity contribution in [2.45, 2.75) is 19.6 Å². The molecule has 0 bridgehead atoms. The fourth-order valence-electron chi connectivity index (χ4n) is 3.35. The number of carbonyl (C=O) groups is 1. The van der Waals surface area contributed by atoms with E-state index in [9.17, 15) is 4.79 Å². The number of halogens is 1. The molecule has 0 saturated heterocycles. The SMILES string of the molecule is COC(=O)C1=C(C)Nc2ncnn2C1c1cc(Br)ccc1OCc1ccccc1. The average molecular weight is 455 g/mol. The van der Waals surface area contributed by atoms with Gasteiger partial charge in [0.1, 0.15) is 24.7 Å². The van der Waals surface area contributed by atoms with Crippen molar-refractivity contribution in [3.63, 3.8) is 0 Å². The number of hydrogen-bond donors (Lipinski definition) is 1. The van der Waals surface area contributed by atoms with Crippen molar-refractivity contribution in [3.05, 3.63) is 81.7 Å². The van der Waals surface area contributed by atoms with Gasteiger partial charge in [-0.1, -0.05) is 46.3 Å². The van der Waals surface area contributed by atoms with Crippen LogP contribution >= 0.6 is 15.9 Å². The summed E-state index contributed by atoms with van der Waals surface area (Å²) in [7, 11) is 1.37. The van der Waals surface area contributed by atoms with Crippen LogP contribution in [0.2, 0.25) is 0 Å². The van der Waals surface area contributed by atoms with Gasteiger partial charge in [-0.3, -0.25) is 0 Å². The number of nitrogens with zero attached hydrogens (tertiary/aromatic N) is 3. The number of rotatable bonds is 5. The normalized spacial score (nSPS) is 15.5. The molecule has 29 heavy (non-hydrogen) atoms. The van der Waals surface area contributed by atoms with E-state index in [0.717, 1.165) is 15.6 Å². The molecular weight excluding hydrogens is 436 g/mol. The highest BCUT2D eigenvalue weighted by Gasteiger charge is 2.35. The zero-order valence-electron chi connectivity index (χ0n) is 15.9. The number of fused-ring (bicyclic) bond motifs is 1. The van der Waals surface area contributed by atoms with E-state index in [-0.39, 0.29) is 0 Å². The number of hydrogen-bond acceptors (Lipinski definition) is 6. The molecule has 0 amide bonds. The van der Waals surface area contributed by atoms with Crippen LogP contribution in [0.5, 0.6) is 5.75 Å². The van der Waals surface area contributed by atoms with Gasteiger partial charge < -0.3 is 14.8 Å². The van der Waals surface area contributed by atoms with Crippen molar-refractivity contribution in [3.8, 4) is 5.75 Å². The number of ether oxygens (including phenoxy) is 2. The maximum Gasteiger partial charge on any atom is 0.338 e. The molecule has 0 fully saturated rings. The summed E-state index contributed by atoms with van der Waals surface area (Å²) in [5.41, 5.74) is 2.95. The van der Waals surface area contributed by atoms with Crippen LogP contribution in [-0.2, 0) is 16.1 Å². The summed E-state index contributed by atoms with van der Waals surface area (Å²) >= 11 is 3.53. The predicted octanol–water partition coefficient (Wildman–Crippen LogP) is 4.08. The minimum Gasteiger partial charge on any atom is -0.489 e. The summed E-state index contributed by atoms with van der Waals surface area (Å²) in [6.45, 7) is 2.22. The lowest BCUT2D eigenvalue weighted by Gasteiger charge is -2.29. The molecule has 7 nitrogen and oxygen atoms in total. The third-order valence-corrected chi connectivity index (χ3v) is 5.20. The lowest BCUT2D eigenvalue weighted by molar-refractivity contribution is -0.136. The van der Waals surface area contributed by atoms with E-state index < -0.39 is 12.0 Å². The molecule has 2 aromatic carbocycles. The Bertz CT molecular complexity index is 1080. The quantitative estimate of drug-likeness (QED) is 0.585. The van der Waals surface area contributed by atoms with E-state index in [4.69, 9.17) is 9.47 Å². The highest BCUT2D eigenvalue weighted by molar-refractivity contribution is 9.10. The molecule has 0 radical (unpaired) electrons. The Balaban J connectivity index is 1.80. The minimum absolute atomic E-state index is 0.404. The lowest BCUT2D eigenvalue weighted by Crippen LogP contribution is -2.29. The Morgan fingerprint density at radius 2 is 2.03 bits per heavy atom. The van der Waals surface area contributed by atoms with Gasteiger partial charge in [-0.05, 0) is 30.7 Å². The number of esters is 1. The molecular formula is C21H19BrN4O3. The molecule has 1 aromatic heterocycles. The highest BCUT2D eigenvalue weighted by atomic mass is 79.9. The highest BCUT2D eigenvalue weighted by Crippen LogP contribution is 2.40. The molecule has 1 aliphatic heterocycles. The lowest BCUT2D eigenvalue weighted by atomic mass is 9.95. The molecule has 2 heterocycles. The van der Waals surface area contributed by atoms with Crippen LogP contribution in [0.15, 0.2) is 70.6 Å². The Morgan fingerprint density at radius 1 is 1.24 bits per heavy atom. The number of anilines is 1. The van der Waals surface area contributed by atoms with Gasteiger partial charge in [0.25, 0.3) is 0 Å². The van der Waals surface area contributed by atoms with E-state index in [1.54, 1.807) is 4.68 Å². The van der Waals surface area contributed by atoms with Crippen molar-refractivity contribution in [1.29, 1.82) is 0 Å². The van der Waals surface area contributed by atoms with E-state index in [1.807, 2.05) is 55.5 Å². The zero-order chi connectivity index (χ0) is 20.4. The van der Waals surface area contributed by atoms with E-state index >= 15 is 0 Å². The largest absolute Gasteiger partial charge is 0.489 e. The van der Waals surface area contributed by atoms with Gasteiger partial charge >= 0.3 is 5.97 Å². The van der Waals surface area contributed by atoms with Crippen LogP contribution in [0, 0.1) is 0 Å². The van der Waals surface area contributed by atoms with E-state index in [2.05, 4.69) is 31.3 Å². The first-order valence-electron chi connectivity index (χ1n) is 9.00. The van der Waals surface area contributed by atoms with Crippen molar-refractivity contribution < 1.29 is 14.3 Å². The molecule has 8 heteroatoms. The molecule has 0 spiro atoms. The maximum absolute atomic E-state index is 12.6. The number of nitrogens with one attached hydrogen (secondary N) is 1. The number of benzene rings is 2. The summed E-state index contributed by atoms with van der Waals surface area (Å²) in [4.78, 5) is 16.9. The Labute approximate surface area is 176 Å². The summed E-state index contributed by atoms with van der Waals surface area (Å²) in [5.74, 6) is 0.767. The van der Waals surface area contributed by atoms with Gasteiger partial charge in [0.2, 0.25) is 5.95 Å². The van der Waals surface area contributed by atoms with Crippen LogP contribution in [0.1, 0.15) is 24.1 Å². The smallest absolute Gasteiger partial charge is 0.338 e. The van der Waals surface area contributed by atoms with Gasteiger partial charge in [-0.25, -0.2) is 9.48 Å². The summed E-state index contributed by atoms with van der Waals surface area (Å²) < 4.78 is 13.7. The molecule has 3 aromatic rings. The van der Waals surface area contributed by atoms with Gasteiger partial charge in [0, 0.05) is 15.7 Å². The fourth-order valence-corrected chi connectivity index (χ4v) is 3.73. The van der Waals surface area contributed by atoms with Crippen LogP contribution in [0.3, 0.4) is 0 Å². The number of aromatic nitrogens is 3. The predicted molar refractivity (Wildman–Crippen MR) is 111 cm³/mol. The minimum atomic E-state index is -0.538. The Hall–Kier alpha value is -3.13. The van der Waals surface area contributed by atoms with Gasteiger partial charge in [0.15, 0.2) is 0 Å². The summed E-state index contributed by atoms with van der Waals surface area (Å²) in [6.07, 6.45) is 1.45. The Kier molecular flexibility index (Phi) is 5.35. The standard InChI is InChI=1S/C21H19BrN4O3/c1-13-18(20(27)28-2)19(26-21(25-13)23-12-24-26)16-10-15(22)8-9-17(16)29-11-14-6-4-3-5-7-14/h3-10,12,19H,11H2,1-2H3,(H,23,24,25). The number of carbonyl (C=O) groups excluding carboxylic acids is 1. The fraction of sp³-hybridized carbons (Fsp3) is 0.190. The van der Waals surface area contributed by atoms with Crippen molar-refractivity contribution >= 4 is 27.8 Å². The third kappa shape index (κ3) is 3.75. The third-order valence-electron chi connectivity index (χ3n) is 4.70. The van der Waals surface area contributed by atoms with E-state index in [1.165, 1.54) is 13.4 Å². The summed E-state index contributed by atoms with van der Waals surface area (Å²) in [6, 6.07) is 15.1. The first-order valence-corrected chi connectivity index (χ1v) is 9.79. The van der Waals surface area contributed by atoms with Crippen molar-refractivity contribution in [2.75, 3.05) is 12.4 Å². The second-order valence-corrected chi connectivity index (χ2v) is 7.46. The summed E-state index contributed by atoms with van der Waals surface area (Å²) in [5, 5.41) is 7.45. The number of methoxy groups -OCH3 is 1. The first-order chi connectivity index (χ1) is 14.1. The molecule has 1 N–H and O–H groups in total. The Morgan fingerprint density at radius 3 is 2.79 bits per heavy atom. The monoisotopic (exact) mass is 454 g/mol. The van der Waals surface area contributed by atoms with Crippen LogP contribution in [-0.4, -0.2) is 27.8 Å². The van der Waals surface area contributed by atoms with Gasteiger partial charge in [-0.2, -0.15) is 10.1 Å². The first kappa shape index (κ1) is 19.2. The van der Waals surface area contributed by atoms with Crippen molar-refractivity contribution in [2.24, 2.45) is 0 Å². The van der Waals surface area contributed by atoms with Crippen LogP contribution in [0.4, 0.5) is 5.95 Å². The van der Waals surface area contributed by atoms with Gasteiger partial charge in [0.05, 0.1) is 12.7 Å². The second kappa shape index (κ2) is 8.08. The molecule has 1 atom stereocenters. The molecule has 1 aliphatic rings. The van der Waals surface area contributed by atoms with Gasteiger partial charge in [-0.15, -0.1) is 0 Å². The molecule has 0 aliphatic carbocycles. The van der Waals surface area contributed by atoms with Crippen LogP contribution < -0.4 is 10.1 Å². The molecule has 148 valence electrons. The second-order valence-electron chi connectivity index (χ2n) is 6.54.